The molecule has 2 rings (SSSR count). The van der Waals surface area contributed by atoms with Crippen molar-refractivity contribution in [1.29, 1.82) is 10.5 Å². The fourth-order valence-electron chi connectivity index (χ4n) is 1.56. The minimum Gasteiger partial charge on any atom is -0.494 e. The van der Waals surface area contributed by atoms with Gasteiger partial charge in [0.1, 0.15) is 12.1 Å². The number of methoxy groups -OCH3 is 1. The standard InChI is InChI=1S/C14H11N7O3S/c1-24-12-8-17-14(18-9-12)21-25(22,23)13-4-2-10(3-5-13)19-20-11(6-15)7-16/h2-5,8-9,19H,1H3,(H,17,18,21). The first-order valence-corrected chi connectivity index (χ1v) is 8.09. The lowest BCUT2D eigenvalue weighted by molar-refractivity contribution is 0.411. The molecular weight excluding hydrogens is 346 g/mol. The molecule has 0 fully saturated rings. The predicted octanol–water partition coefficient (Wildman–Crippen LogP) is 1.10. The second kappa shape index (κ2) is 7.72. The Hall–Kier alpha value is -3.70. The zero-order valence-corrected chi connectivity index (χ0v) is 13.6. The normalized spacial score (nSPS) is 10.0. The van der Waals surface area contributed by atoms with Gasteiger partial charge in [-0.1, -0.05) is 0 Å². The number of ether oxygens (including phenoxy) is 1. The molecule has 25 heavy (non-hydrogen) atoms. The summed E-state index contributed by atoms with van der Waals surface area (Å²) in [6.45, 7) is 0. The van der Waals surface area contributed by atoms with Gasteiger partial charge in [0.15, 0.2) is 5.75 Å². The lowest BCUT2D eigenvalue weighted by Crippen LogP contribution is -2.15. The Morgan fingerprint density at radius 2 is 1.76 bits per heavy atom. The van der Waals surface area contributed by atoms with Crippen LogP contribution >= 0.6 is 0 Å². The molecule has 0 aliphatic heterocycles. The number of hydrogen-bond acceptors (Lipinski definition) is 9. The van der Waals surface area contributed by atoms with Crippen molar-refractivity contribution in [3.63, 3.8) is 0 Å². The number of nitrogens with zero attached hydrogens (tertiary/aromatic N) is 5. The molecule has 2 N–H and O–H groups in total. The molecule has 0 saturated heterocycles. The first-order chi connectivity index (χ1) is 12.0. The Morgan fingerprint density at radius 3 is 2.28 bits per heavy atom. The van der Waals surface area contributed by atoms with Crippen LogP contribution in [-0.4, -0.2) is 31.2 Å². The molecular formula is C14H11N7O3S. The fourth-order valence-corrected chi connectivity index (χ4v) is 2.52. The minimum atomic E-state index is -3.87. The van der Waals surface area contributed by atoms with Crippen molar-refractivity contribution in [3.8, 4) is 17.9 Å². The number of aromatic nitrogens is 2. The zero-order chi connectivity index (χ0) is 18.3. The molecule has 0 spiro atoms. The van der Waals surface area contributed by atoms with E-state index in [2.05, 4.69) is 25.2 Å². The average molecular weight is 357 g/mol. The summed E-state index contributed by atoms with van der Waals surface area (Å²) in [5.41, 5.74) is 2.53. The smallest absolute Gasteiger partial charge is 0.264 e. The molecule has 11 heteroatoms. The first-order valence-electron chi connectivity index (χ1n) is 6.61. The van der Waals surface area contributed by atoms with Crippen LogP contribution in [0.15, 0.2) is 46.7 Å². The highest BCUT2D eigenvalue weighted by Crippen LogP contribution is 2.17. The van der Waals surface area contributed by atoms with Crippen LogP contribution in [0.25, 0.3) is 0 Å². The average Bonchev–Trinajstić information content (AvgIpc) is 2.63. The summed E-state index contributed by atoms with van der Waals surface area (Å²) >= 11 is 0. The van der Waals surface area contributed by atoms with Crippen LogP contribution in [0, 0.1) is 22.7 Å². The Balaban J connectivity index is 2.13. The molecule has 1 aromatic heterocycles. The number of anilines is 2. The van der Waals surface area contributed by atoms with E-state index in [1.807, 2.05) is 0 Å². The van der Waals surface area contributed by atoms with Crippen molar-refractivity contribution < 1.29 is 13.2 Å². The number of sulfonamides is 1. The monoisotopic (exact) mass is 357 g/mol. The van der Waals surface area contributed by atoms with Crippen LogP contribution in [0.4, 0.5) is 11.6 Å². The molecule has 10 nitrogen and oxygen atoms in total. The molecule has 0 bridgehead atoms. The van der Waals surface area contributed by atoms with Crippen molar-refractivity contribution in [3.05, 3.63) is 36.7 Å². The van der Waals surface area contributed by atoms with Crippen molar-refractivity contribution in [2.75, 3.05) is 17.3 Å². The van der Waals surface area contributed by atoms with E-state index in [1.54, 1.807) is 12.1 Å². The topological polar surface area (TPSA) is 153 Å². The van der Waals surface area contributed by atoms with Crippen molar-refractivity contribution in [2.24, 2.45) is 5.10 Å². The summed E-state index contributed by atoms with van der Waals surface area (Å²) in [4.78, 5) is 7.63. The molecule has 1 heterocycles. The van der Waals surface area contributed by atoms with E-state index in [1.165, 1.54) is 43.8 Å². The summed E-state index contributed by atoms with van der Waals surface area (Å²) in [6, 6.07) is 8.68. The molecule has 126 valence electrons. The van der Waals surface area contributed by atoms with E-state index in [0.717, 1.165) is 0 Å². The van der Waals surface area contributed by atoms with Gasteiger partial charge in [-0.05, 0) is 24.3 Å². The van der Waals surface area contributed by atoms with Crippen LogP contribution in [0.5, 0.6) is 5.75 Å². The third kappa shape index (κ3) is 4.63. The van der Waals surface area contributed by atoms with Gasteiger partial charge in [0.2, 0.25) is 11.7 Å². The van der Waals surface area contributed by atoms with Crippen molar-refractivity contribution in [1.82, 2.24) is 9.97 Å². The van der Waals surface area contributed by atoms with Crippen LogP contribution in [-0.2, 0) is 10.0 Å². The molecule has 0 saturated carbocycles. The maximum atomic E-state index is 12.3. The summed E-state index contributed by atoms with van der Waals surface area (Å²) in [5.74, 6) is 0.299. The molecule has 0 amide bonds. The molecule has 1 aromatic carbocycles. The van der Waals surface area contributed by atoms with E-state index in [0.29, 0.717) is 11.4 Å². The molecule has 0 aliphatic carbocycles. The van der Waals surface area contributed by atoms with Crippen LogP contribution < -0.4 is 14.9 Å². The molecule has 0 atom stereocenters. The minimum absolute atomic E-state index is 0.0257. The SMILES string of the molecule is COc1cnc(NS(=O)(=O)c2ccc(NN=C(C#N)C#N)cc2)nc1. The van der Waals surface area contributed by atoms with Gasteiger partial charge in [-0.15, -0.1) is 0 Å². The largest absolute Gasteiger partial charge is 0.494 e. The number of hydrogen-bond donors (Lipinski definition) is 2. The summed E-state index contributed by atoms with van der Waals surface area (Å²) in [5, 5.41) is 20.7. The lowest BCUT2D eigenvalue weighted by atomic mass is 10.3. The summed E-state index contributed by atoms with van der Waals surface area (Å²) in [7, 11) is -2.43. The highest BCUT2D eigenvalue weighted by molar-refractivity contribution is 7.92. The molecule has 2 aromatic rings. The third-order valence-corrected chi connectivity index (χ3v) is 4.11. The first kappa shape index (κ1) is 17.7. The van der Waals surface area contributed by atoms with Gasteiger partial charge < -0.3 is 4.74 Å². The Bertz CT molecular complexity index is 939. The highest BCUT2D eigenvalue weighted by Gasteiger charge is 2.15. The Kier molecular flexibility index (Phi) is 5.45. The van der Waals surface area contributed by atoms with Crippen LogP contribution in [0.3, 0.4) is 0 Å². The van der Waals surface area contributed by atoms with E-state index < -0.39 is 10.0 Å². The van der Waals surface area contributed by atoms with Crippen molar-refractivity contribution >= 4 is 27.4 Å². The quantitative estimate of drug-likeness (QED) is 0.575. The van der Waals surface area contributed by atoms with Gasteiger partial charge in [0, 0.05) is 0 Å². The molecule has 0 aliphatic rings. The van der Waals surface area contributed by atoms with Crippen LogP contribution in [0.1, 0.15) is 0 Å². The number of hydrazone groups is 1. The molecule has 0 radical (unpaired) electrons. The van der Waals surface area contributed by atoms with E-state index in [4.69, 9.17) is 15.3 Å². The number of nitrogens with one attached hydrogen (secondary N) is 2. The maximum absolute atomic E-state index is 12.3. The van der Waals surface area contributed by atoms with Gasteiger partial charge >= 0.3 is 0 Å². The second-order valence-electron chi connectivity index (χ2n) is 4.37. The van der Waals surface area contributed by atoms with Gasteiger partial charge in [0.05, 0.1) is 30.1 Å². The number of rotatable bonds is 6. The van der Waals surface area contributed by atoms with Gasteiger partial charge in [-0.25, -0.2) is 23.1 Å². The van der Waals surface area contributed by atoms with Gasteiger partial charge in [-0.2, -0.15) is 15.6 Å². The van der Waals surface area contributed by atoms with E-state index in [9.17, 15) is 8.42 Å². The Labute approximate surface area is 143 Å². The molecule has 0 unspecified atom stereocenters. The zero-order valence-electron chi connectivity index (χ0n) is 12.8. The summed E-state index contributed by atoms with van der Waals surface area (Å²) in [6.07, 6.45) is 2.66. The fraction of sp³-hybridized carbons (Fsp3) is 0.0714. The third-order valence-electron chi connectivity index (χ3n) is 2.76. The number of benzene rings is 1. The van der Waals surface area contributed by atoms with E-state index >= 15 is 0 Å². The second-order valence-corrected chi connectivity index (χ2v) is 6.05. The lowest BCUT2D eigenvalue weighted by Gasteiger charge is -2.07. The highest BCUT2D eigenvalue weighted by atomic mass is 32.2. The summed E-state index contributed by atoms with van der Waals surface area (Å²) < 4.78 is 31.7. The number of nitriles is 2. The maximum Gasteiger partial charge on any atom is 0.264 e. The van der Waals surface area contributed by atoms with Crippen LogP contribution in [0.2, 0.25) is 0 Å². The van der Waals surface area contributed by atoms with Gasteiger partial charge in [-0.3, -0.25) is 5.43 Å². The van der Waals surface area contributed by atoms with Crippen molar-refractivity contribution in [2.45, 2.75) is 4.90 Å². The predicted molar refractivity (Wildman–Crippen MR) is 88.1 cm³/mol. The van der Waals surface area contributed by atoms with Gasteiger partial charge in [0.25, 0.3) is 10.0 Å². The van der Waals surface area contributed by atoms with E-state index in [-0.39, 0.29) is 16.6 Å². The Morgan fingerprint density at radius 1 is 1.16 bits per heavy atom.